The van der Waals surface area contributed by atoms with E-state index in [4.69, 9.17) is 4.52 Å². The molecule has 0 radical (unpaired) electrons. The molecular formula is C15H23N5O. The van der Waals surface area contributed by atoms with Gasteiger partial charge in [-0.2, -0.15) is 4.98 Å². The van der Waals surface area contributed by atoms with Crippen molar-refractivity contribution in [2.24, 2.45) is 0 Å². The fourth-order valence-electron chi connectivity index (χ4n) is 1.97. The molecule has 0 fully saturated rings. The molecule has 0 atom stereocenters. The molecule has 6 nitrogen and oxygen atoms in total. The lowest BCUT2D eigenvalue weighted by Gasteiger charge is -2.19. The van der Waals surface area contributed by atoms with Gasteiger partial charge in [-0.1, -0.05) is 25.1 Å². The number of rotatable bonds is 7. The summed E-state index contributed by atoms with van der Waals surface area (Å²) in [6, 6.07) is 4.55. The van der Waals surface area contributed by atoms with Crippen LogP contribution in [0.3, 0.4) is 0 Å². The van der Waals surface area contributed by atoms with Crippen LogP contribution in [0.5, 0.6) is 0 Å². The number of hydrogen-bond donors (Lipinski definition) is 1. The first-order valence-corrected chi connectivity index (χ1v) is 7.41. The lowest BCUT2D eigenvalue weighted by atomic mass is 10.2. The Balaban J connectivity index is 1.94. The summed E-state index contributed by atoms with van der Waals surface area (Å²) in [5.41, 5.74) is 1.08. The van der Waals surface area contributed by atoms with Crippen LogP contribution < -0.4 is 10.2 Å². The summed E-state index contributed by atoms with van der Waals surface area (Å²) >= 11 is 0. The van der Waals surface area contributed by atoms with Gasteiger partial charge in [-0.05, 0) is 25.5 Å². The molecule has 114 valence electrons. The molecule has 2 aromatic heterocycles. The summed E-state index contributed by atoms with van der Waals surface area (Å²) in [5, 5.41) is 7.04. The van der Waals surface area contributed by atoms with Crippen molar-refractivity contribution in [2.75, 3.05) is 23.3 Å². The predicted molar refractivity (Wildman–Crippen MR) is 83.5 cm³/mol. The van der Waals surface area contributed by atoms with Crippen molar-refractivity contribution in [3.63, 3.8) is 0 Å². The second kappa shape index (κ2) is 7.06. The average molecular weight is 289 g/mol. The monoisotopic (exact) mass is 289 g/mol. The van der Waals surface area contributed by atoms with E-state index in [0.717, 1.165) is 24.5 Å². The first-order chi connectivity index (χ1) is 10.1. The van der Waals surface area contributed by atoms with E-state index in [1.165, 1.54) is 0 Å². The van der Waals surface area contributed by atoms with Gasteiger partial charge < -0.3 is 14.7 Å². The fraction of sp³-hybridized carbons (Fsp3) is 0.533. The van der Waals surface area contributed by atoms with Crippen molar-refractivity contribution < 1.29 is 4.52 Å². The Morgan fingerprint density at radius 3 is 2.52 bits per heavy atom. The van der Waals surface area contributed by atoms with Crippen molar-refractivity contribution in [1.82, 2.24) is 15.1 Å². The summed E-state index contributed by atoms with van der Waals surface area (Å²) in [7, 11) is 0. The highest BCUT2D eigenvalue weighted by molar-refractivity contribution is 5.39. The molecule has 0 saturated heterocycles. The molecular weight excluding hydrogens is 266 g/mol. The molecule has 0 saturated carbocycles. The van der Waals surface area contributed by atoms with Gasteiger partial charge >= 0.3 is 6.01 Å². The van der Waals surface area contributed by atoms with E-state index >= 15 is 0 Å². The SMILES string of the molecule is CCN(CC)c1ccc(CNc2nc(C(C)C)no2)cn1. The van der Waals surface area contributed by atoms with Crippen LogP contribution >= 0.6 is 0 Å². The van der Waals surface area contributed by atoms with Crippen LogP contribution in [0.25, 0.3) is 0 Å². The summed E-state index contributed by atoms with van der Waals surface area (Å²) in [6.07, 6.45) is 1.88. The molecule has 0 aliphatic rings. The lowest BCUT2D eigenvalue weighted by Crippen LogP contribution is -2.22. The molecule has 0 amide bonds. The summed E-state index contributed by atoms with van der Waals surface area (Å²) in [4.78, 5) is 11.0. The van der Waals surface area contributed by atoms with Crippen LogP contribution in [0.15, 0.2) is 22.9 Å². The minimum atomic E-state index is 0.263. The molecule has 2 rings (SSSR count). The molecule has 6 heteroatoms. The molecule has 21 heavy (non-hydrogen) atoms. The Labute approximate surface area is 125 Å². The zero-order valence-corrected chi connectivity index (χ0v) is 13.1. The van der Waals surface area contributed by atoms with Gasteiger partial charge in [0.15, 0.2) is 5.82 Å². The standard InChI is InChI=1S/C15H23N5O/c1-5-20(6-2)13-8-7-12(9-16-13)10-17-15-18-14(11(3)4)19-21-15/h7-9,11H,5-6,10H2,1-4H3,(H,17,18,19). The maximum Gasteiger partial charge on any atom is 0.321 e. The van der Waals surface area contributed by atoms with Gasteiger partial charge in [-0.25, -0.2) is 4.98 Å². The van der Waals surface area contributed by atoms with Crippen molar-refractivity contribution in [3.8, 4) is 0 Å². The third-order valence-corrected chi connectivity index (χ3v) is 3.30. The quantitative estimate of drug-likeness (QED) is 0.845. The first-order valence-electron chi connectivity index (χ1n) is 7.41. The van der Waals surface area contributed by atoms with E-state index in [1.807, 2.05) is 26.1 Å². The second-order valence-corrected chi connectivity index (χ2v) is 5.16. The lowest BCUT2D eigenvalue weighted by molar-refractivity contribution is 0.419. The Morgan fingerprint density at radius 2 is 2.00 bits per heavy atom. The predicted octanol–water partition coefficient (Wildman–Crippen LogP) is 3.05. The van der Waals surface area contributed by atoms with Gasteiger partial charge in [-0.3, -0.25) is 0 Å². The van der Waals surface area contributed by atoms with E-state index in [2.05, 4.69) is 45.3 Å². The topological polar surface area (TPSA) is 67.1 Å². The first kappa shape index (κ1) is 15.3. The Hall–Kier alpha value is -2.11. The molecule has 1 N–H and O–H groups in total. The van der Waals surface area contributed by atoms with Crippen LogP contribution in [-0.4, -0.2) is 28.2 Å². The number of aromatic nitrogens is 3. The van der Waals surface area contributed by atoms with Crippen LogP contribution in [-0.2, 0) is 6.54 Å². The highest BCUT2D eigenvalue weighted by Gasteiger charge is 2.09. The van der Waals surface area contributed by atoms with Crippen LogP contribution in [0, 0.1) is 0 Å². The summed E-state index contributed by atoms with van der Waals surface area (Å²) in [5.74, 6) is 1.98. The third-order valence-electron chi connectivity index (χ3n) is 3.30. The third kappa shape index (κ3) is 3.93. The Bertz CT molecular complexity index is 545. The number of pyridine rings is 1. The fourth-order valence-corrected chi connectivity index (χ4v) is 1.97. The van der Waals surface area contributed by atoms with Gasteiger partial charge in [0.2, 0.25) is 0 Å². The molecule has 0 aliphatic heterocycles. The van der Waals surface area contributed by atoms with E-state index in [9.17, 15) is 0 Å². The van der Waals surface area contributed by atoms with E-state index in [1.54, 1.807) is 0 Å². The minimum absolute atomic E-state index is 0.263. The summed E-state index contributed by atoms with van der Waals surface area (Å²) < 4.78 is 5.14. The van der Waals surface area contributed by atoms with Crippen molar-refractivity contribution >= 4 is 11.8 Å². The molecule has 0 spiro atoms. The van der Waals surface area contributed by atoms with Crippen LogP contribution in [0.2, 0.25) is 0 Å². The zero-order chi connectivity index (χ0) is 15.2. The van der Waals surface area contributed by atoms with Gasteiger partial charge in [0, 0.05) is 31.7 Å². The van der Waals surface area contributed by atoms with E-state index < -0.39 is 0 Å². The molecule has 2 heterocycles. The maximum absolute atomic E-state index is 5.14. The number of anilines is 2. The molecule has 2 aromatic rings. The number of nitrogens with zero attached hydrogens (tertiary/aromatic N) is 4. The van der Waals surface area contributed by atoms with Crippen LogP contribution in [0.1, 0.15) is 45.0 Å². The molecule has 0 unspecified atom stereocenters. The Morgan fingerprint density at radius 1 is 1.24 bits per heavy atom. The second-order valence-electron chi connectivity index (χ2n) is 5.16. The molecule has 0 bridgehead atoms. The van der Waals surface area contributed by atoms with Gasteiger partial charge in [-0.15, -0.1) is 0 Å². The van der Waals surface area contributed by atoms with Crippen LogP contribution in [0.4, 0.5) is 11.8 Å². The highest BCUT2D eigenvalue weighted by Crippen LogP contribution is 2.14. The Kier molecular flexibility index (Phi) is 5.14. The average Bonchev–Trinajstić information content (AvgIpc) is 2.97. The smallest absolute Gasteiger partial charge is 0.321 e. The largest absolute Gasteiger partial charge is 0.357 e. The van der Waals surface area contributed by atoms with Gasteiger partial charge in [0.1, 0.15) is 5.82 Å². The van der Waals surface area contributed by atoms with Gasteiger partial charge in [0.25, 0.3) is 0 Å². The van der Waals surface area contributed by atoms with E-state index in [0.29, 0.717) is 18.4 Å². The number of hydrogen-bond acceptors (Lipinski definition) is 6. The number of nitrogens with one attached hydrogen (secondary N) is 1. The van der Waals surface area contributed by atoms with E-state index in [-0.39, 0.29) is 5.92 Å². The maximum atomic E-state index is 5.14. The van der Waals surface area contributed by atoms with Crippen molar-refractivity contribution in [2.45, 2.75) is 40.2 Å². The molecule has 0 aliphatic carbocycles. The van der Waals surface area contributed by atoms with Crippen molar-refractivity contribution in [1.29, 1.82) is 0 Å². The normalized spacial score (nSPS) is 10.9. The summed E-state index contributed by atoms with van der Waals surface area (Å²) in [6.45, 7) is 10.9. The van der Waals surface area contributed by atoms with Crippen molar-refractivity contribution in [3.05, 3.63) is 29.7 Å². The minimum Gasteiger partial charge on any atom is -0.357 e. The van der Waals surface area contributed by atoms with Gasteiger partial charge in [0.05, 0.1) is 0 Å². The zero-order valence-electron chi connectivity index (χ0n) is 13.1. The highest BCUT2D eigenvalue weighted by atomic mass is 16.5. The molecule has 0 aromatic carbocycles.